The van der Waals surface area contributed by atoms with E-state index in [-0.39, 0.29) is 11.9 Å². The van der Waals surface area contributed by atoms with Gasteiger partial charge in [0.15, 0.2) is 0 Å². The van der Waals surface area contributed by atoms with Crippen LogP contribution in [0.3, 0.4) is 0 Å². The lowest BCUT2D eigenvalue weighted by atomic mass is 10.4. The van der Waals surface area contributed by atoms with Crippen molar-refractivity contribution in [2.45, 2.75) is 50.8 Å². The summed E-state index contributed by atoms with van der Waals surface area (Å²) in [7, 11) is 0. The van der Waals surface area contributed by atoms with Crippen LogP contribution in [-0.4, -0.2) is 29.0 Å². The van der Waals surface area contributed by atoms with Crippen molar-refractivity contribution in [3.63, 3.8) is 0 Å². The first-order chi connectivity index (χ1) is 7.58. The smallest absolute Gasteiger partial charge is 0.321 e. The Labute approximate surface area is 101 Å². The average Bonchev–Trinajstić information content (AvgIpc) is 2.65. The van der Waals surface area contributed by atoms with E-state index in [4.69, 9.17) is 0 Å². The zero-order valence-electron chi connectivity index (χ0n) is 9.91. The SMILES string of the molecule is CC(C)NC(=O)NC(=O)CSC1CCCC1. The molecule has 2 N–H and O–H groups in total. The van der Waals surface area contributed by atoms with Crippen molar-refractivity contribution in [3.05, 3.63) is 0 Å². The molecule has 92 valence electrons. The van der Waals surface area contributed by atoms with Crippen LogP contribution in [0.4, 0.5) is 4.79 Å². The minimum Gasteiger partial charge on any atom is -0.336 e. The molecule has 0 spiro atoms. The van der Waals surface area contributed by atoms with Crippen molar-refractivity contribution in [1.29, 1.82) is 0 Å². The average molecular weight is 244 g/mol. The number of carbonyl (C=O) groups excluding carboxylic acids is 2. The van der Waals surface area contributed by atoms with E-state index in [9.17, 15) is 9.59 Å². The summed E-state index contributed by atoms with van der Waals surface area (Å²) in [6, 6.07) is -0.345. The molecule has 1 aliphatic carbocycles. The summed E-state index contributed by atoms with van der Waals surface area (Å²) in [5, 5.41) is 5.56. The molecule has 4 nitrogen and oxygen atoms in total. The molecular formula is C11H20N2O2S. The Balaban J connectivity index is 2.12. The van der Waals surface area contributed by atoms with Crippen molar-refractivity contribution < 1.29 is 9.59 Å². The van der Waals surface area contributed by atoms with Crippen molar-refractivity contribution >= 4 is 23.7 Å². The molecule has 0 saturated heterocycles. The first-order valence-electron chi connectivity index (χ1n) is 5.80. The lowest BCUT2D eigenvalue weighted by molar-refractivity contribution is -0.117. The topological polar surface area (TPSA) is 58.2 Å². The monoisotopic (exact) mass is 244 g/mol. The van der Waals surface area contributed by atoms with Gasteiger partial charge in [-0.3, -0.25) is 10.1 Å². The fourth-order valence-electron chi connectivity index (χ4n) is 1.71. The molecule has 5 heteroatoms. The van der Waals surface area contributed by atoms with Crippen LogP contribution < -0.4 is 10.6 Å². The van der Waals surface area contributed by atoms with Gasteiger partial charge in [0.25, 0.3) is 0 Å². The third-order valence-corrected chi connectivity index (χ3v) is 3.80. The minimum absolute atomic E-state index is 0.0512. The Bertz CT molecular complexity index is 250. The molecule has 0 radical (unpaired) electrons. The summed E-state index contributed by atoms with van der Waals surface area (Å²) in [6.07, 6.45) is 4.95. The van der Waals surface area contributed by atoms with Gasteiger partial charge in [-0.2, -0.15) is 0 Å². The molecule has 1 fully saturated rings. The summed E-state index contributed by atoms with van der Waals surface area (Å²) in [5.41, 5.74) is 0. The van der Waals surface area contributed by atoms with E-state index < -0.39 is 6.03 Å². The van der Waals surface area contributed by atoms with E-state index in [1.807, 2.05) is 13.8 Å². The maximum atomic E-state index is 11.4. The fraction of sp³-hybridized carbons (Fsp3) is 0.818. The number of amides is 3. The molecule has 1 saturated carbocycles. The van der Waals surface area contributed by atoms with Crippen LogP contribution in [0.25, 0.3) is 0 Å². The molecule has 3 amide bonds. The normalized spacial score (nSPS) is 16.4. The number of urea groups is 1. The molecule has 0 bridgehead atoms. The van der Waals surface area contributed by atoms with Crippen LogP contribution in [0.5, 0.6) is 0 Å². The zero-order chi connectivity index (χ0) is 12.0. The van der Waals surface area contributed by atoms with Crippen LogP contribution in [0, 0.1) is 0 Å². The van der Waals surface area contributed by atoms with Gasteiger partial charge in [-0.25, -0.2) is 4.79 Å². The van der Waals surface area contributed by atoms with Crippen LogP contribution in [-0.2, 0) is 4.79 Å². The van der Waals surface area contributed by atoms with E-state index in [0.29, 0.717) is 11.0 Å². The molecule has 16 heavy (non-hydrogen) atoms. The van der Waals surface area contributed by atoms with Gasteiger partial charge in [0, 0.05) is 11.3 Å². The van der Waals surface area contributed by atoms with E-state index in [0.717, 1.165) is 0 Å². The van der Waals surface area contributed by atoms with Crippen molar-refractivity contribution in [2.24, 2.45) is 0 Å². The van der Waals surface area contributed by atoms with E-state index in [2.05, 4.69) is 10.6 Å². The van der Waals surface area contributed by atoms with Gasteiger partial charge >= 0.3 is 6.03 Å². The highest BCUT2D eigenvalue weighted by atomic mass is 32.2. The Kier molecular flexibility index (Phi) is 5.66. The minimum atomic E-state index is -0.396. The van der Waals surface area contributed by atoms with Crippen LogP contribution in [0.1, 0.15) is 39.5 Å². The highest BCUT2D eigenvalue weighted by Crippen LogP contribution is 2.28. The van der Waals surface area contributed by atoms with Gasteiger partial charge in [-0.05, 0) is 26.7 Å². The maximum Gasteiger partial charge on any atom is 0.321 e. The first-order valence-corrected chi connectivity index (χ1v) is 6.84. The Morgan fingerprint density at radius 3 is 2.50 bits per heavy atom. The van der Waals surface area contributed by atoms with Crippen molar-refractivity contribution in [2.75, 3.05) is 5.75 Å². The molecule has 1 aliphatic rings. The van der Waals surface area contributed by atoms with Gasteiger partial charge < -0.3 is 5.32 Å². The lowest BCUT2D eigenvalue weighted by Gasteiger charge is -2.10. The molecule has 0 unspecified atom stereocenters. The Hall–Kier alpha value is -0.710. The molecule has 0 atom stereocenters. The number of thioether (sulfide) groups is 1. The van der Waals surface area contributed by atoms with Crippen LogP contribution >= 0.6 is 11.8 Å². The van der Waals surface area contributed by atoms with Crippen LogP contribution in [0.2, 0.25) is 0 Å². The largest absolute Gasteiger partial charge is 0.336 e. The Morgan fingerprint density at radius 1 is 1.31 bits per heavy atom. The highest BCUT2D eigenvalue weighted by Gasteiger charge is 2.17. The number of carbonyl (C=O) groups is 2. The third-order valence-electron chi connectivity index (χ3n) is 2.43. The van der Waals surface area contributed by atoms with Crippen molar-refractivity contribution in [3.8, 4) is 0 Å². The molecule has 1 rings (SSSR count). The fourth-order valence-corrected chi connectivity index (χ4v) is 2.84. The lowest BCUT2D eigenvalue weighted by Crippen LogP contribution is -2.43. The second-order valence-corrected chi connectivity index (χ2v) is 5.68. The zero-order valence-corrected chi connectivity index (χ0v) is 10.7. The van der Waals surface area contributed by atoms with E-state index >= 15 is 0 Å². The van der Waals surface area contributed by atoms with Gasteiger partial charge in [-0.15, -0.1) is 11.8 Å². The molecule has 0 aliphatic heterocycles. The molecule has 0 heterocycles. The quantitative estimate of drug-likeness (QED) is 0.794. The summed E-state index contributed by atoms with van der Waals surface area (Å²) in [5.74, 6) is 0.186. The van der Waals surface area contributed by atoms with E-state index in [1.165, 1.54) is 25.7 Å². The molecule has 0 aromatic rings. The molecular weight excluding hydrogens is 224 g/mol. The number of hydrogen-bond donors (Lipinski definition) is 2. The predicted molar refractivity (Wildman–Crippen MR) is 66.5 cm³/mol. The number of rotatable bonds is 4. The number of imide groups is 1. The molecule has 0 aromatic carbocycles. The second kappa shape index (κ2) is 6.78. The summed E-state index contributed by atoms with van der Waals surface area (Å²) < 4.78 is 0. The first kappa shape index (κ1) is 13.4. The third kappa shape index (κ3) is 5.39. The number of hydrogen-bond acceptors (Lipinski definition) is 3. The van der Waals surface area contributed by atoms with Gasteiger partial charge in [-0.1, -0.05) is 12.8 Å². The standard InChI is InChI=1S/C11H20N2O2S/c1-8(2)12-11(15)13-10(14)7-16-9-5-3-4-6-9/h8-9H,3-7H2,1-2H3,(H2,12,13,14,15). The highest BCUT2D eigenvalue weighted by molar-refractivity contribution is 8.00. The molecule has 0 aromatic heterocycles. The second-order valence-electron chi connectivity index (χ2n) is 4.39. The Morgan fingerprint density at radius 2 is 1.94 bits per heavy atom. The van der Waals surface area contributed by atoms with Gasteiger partial charge in [0.05, 0.1) is 5.75 Å². The summed E-state index contributed by atoms with van der Waals surface area (Å²) in [6.45, 7) is 3.72. The number of nitrogens with one attached hydrogen (secondary N) is 2. The van der Waals surface area contributed by atoms with Gasteiger partial charge in [0.2, 0.25) is 5.91 Å². The van der Waals surface area contributed by atoms with Crippen LogP contribution in [0.15, 0.2) is 0 Å². The maximum absolute atomic E-state index is 11.4. The predicted octanol–water partition coefficient (Wildman–Crippen LogP) is 1.90. The van der Waals surface area contributed by atoms with E-state index in [1.54, 1.807) is 11.8 Å². The summed E-state index contributed by atoms with van der Waals surface area (Å²) >= 11 is 1.66. The van der Waals surface area contributed by atoms with Crippen molar-refractivity contribution in [1.82, 2.24) is 10.6 Å². The summed E-state index contributed by atoms with van der Waals surface area (Å²) in [4.78, 5) is 22.6. The van der Waals surface area contributed by atoms with Gasteiger partial charge in [0.1, 0.15) is 0 Å².